The lowest BCUT2D eigenvalue weighted by Crippen LogP contribution is -2.28. The van der Waals surface area contributed by atoms with E-state index >= 15 is 0 Å². The Morgan fingerprint density at radius 2 is 2.00 bits per heavy atom. The Kier molecular flexibility index (Phi) is 5.26. The number of halogens is 1. The molecule has 0 aromatic heterocycles. The van der Waals surface area contributed by atoms with E-state index < -0.39 is 0 Å². The van der Waals surface area contributed by atoms with Crippen LogP contribution in [0, 0.1) is 12.8 Å². The normalized spacial score (nSPS) is 13.1. The number of rotatable bonds is 5. The molecule has 2 nitrogen and oxygen atoms in total. The minimum absolute atomic E-state index is 0.195. The van der Waals surface area contributed by atoms with Gasteiger partial charge in [0.15, 0.2) is 0 Å². The second-order valence-corrected chi connectivity index (χ2v) is 5.05. The van der Waals surface area contributed by atoms with Gasteiger partial charge in [-0.05, 0) is 42.9 Å². The SMILES string of the molecule is Cc1c(Cl)cccc1C(CCC(C)C)NN. The maximum Gasteiger partial charge on any atom is 0.0463 e. The molecule has 0 fully saturated rings. The van der Waals surface area contributed by atoms with Gasteiger partial charge < -0.3 is 0 Å². The Balaban J connectivity index is 2.82. The second-order valence-electron chi connectivity index (χ2n) is 4.64. The fraction of sp³-hybridized carbons (Fsp3) is 0.538. The topological polar surface area (TPSA) is 38.0 Å². The van der Waals surface area contributed by atoms with Gasteiger partial charge in [-0.25, -0.2) is 0 Å². The zero-order valence-corrected chi connectivity index (χ0v) is 11.0. The van der Waals surface area contributed by atoms with Crippen LogP contribution in [-0.2, 0) is 0 Å². The molecule has 3 N–H and O–H groups in total. The Hall–Kier alpha value is -0.570. The van der Waals surface area contributed by atoms with E-state index in [1.165, 1.54) is 5.56 Å². The Bertz CT molecular complexity index is 337. The van der Waals surface area contributed by atoms with Gasteiger partial charge in [0.25, 0.3) is 0 Å². The van der Waals surface area contributed by atoms with Crippen LogP contribution in [-0.4, -0.2) is 0 Å². The number of hydrogen-bond donors (Lipinski definition) is 2. The number of hydrazine groups is 1. The highest BCUT2D eigenvalue weighted by Gasteiger charge is 2.13. The van der Waals surface area contributed by atoms with Crippen molar-refractivity contribution in [3.05, 3.63) is 34.3 Å². The molecule has 0 aliphatic rings. The van der Waals surface area contributed by atoms with Crippen LogP contribution in [0.2, 0.25) is 5.02 Å². The maximum absolute atomic E-state index is 6.11. The smallest absolute Gasteiger partial charge is 0.0463 e. The molecule has 0 bridgehead atoms. The fourth-order valence-corrected chi connectivity index (χ4v) is 2.01. The number of benzene rings is 1. The highest BCUT2D eigenvalue weighted by atomic mass is 35.5. The molecule has 1 unspecified atom stereocenters. The lowest BCUT2D eigenvalue weighted by atomic mass is 9.95. The second kappa shape index (κ2) is 6.24. The molecule has 0 saturated heterocycles. The van der Waals surface area contributed by atoms with Crippen LogP contribution in [0.1, 0.15) is 43.9 Å². The molecular weight excluding hydrogens is 220 g/mol. The van der Waals surface area contributed by atoms with E-state index in [1.807, 2.05) is 19.1 Å². The average molecular weight is 241 g/mol. The molecule has 0 spiro atoms. The highest BCUT2D eigenvalue weighted by molar-refractivity contribution is 6.31. The molecule has 0 heterocycles. The first-order chi connectivity index (χ1) is 7.56. The van der Waals surface area contributed by atoms with Crippen LogP contribution in [0.4, 0.5) is 0 Å². The van der Waals surface area contributed by atoms with Crippen LogP contribution in [0.25, 0.3) is 0 Å². The van der Waals surface area contributed by atoms with Crippen LogP contribution in [0.3, 0.4) is 0 Å². The molecule has 0 radical (unpaired) electrons. The molecule has 0 saturated carbocycles. The van der Waals surface area contributed by atoms with Crippen molar-refractivity contribution < 1.29 is 0 Å². The van der Waals surface area contributed by atoms with Gasteiger partial charge in [0.05, 0.1) is 0 Å². The number of hydrogen-bond acceptors (Lipinski definition) is 2. The third kappa shape index (κ3) is 3.48. The standard InChI is InChI=1S/C13H21ClN2/c1-9(2)7-8-13(16-15)11-5-4-6-12(14)10(11)3/h4-6,9,13,16H,7-8,15H2,1-3H3. The van der Waals surface area contributed by atoms with Gasteiger partial charge in [0.2, 0.25) is 0 Å². The van der Waals surface area contributed by atoms with Crippen molar-refractivity contribution in [1.82, 2.24) is 5.43 Å². The Labute approximate surface area is 103 Å². The number of nitrogens with one attached hydrogen (secondary N) is 1. The lowest BCUT2D eigenvalue weighted by molar-refractivity contribution is 0.447. The maximum atomic E-state index is 6.11. The zero-order valence-electron chi connectivity index (χ0n) is 10.3. The van der Waals surface area contributed by atoms with E-state index in [1.54, 1.807) is 0 Å². The first-order valence-corrected chi connectivity index (χ1v) is 6.15. The zero-order chi connectivity index (χ0) is 12.1. The van der Waals surface area contributed by atoms with Gasteiger partial charge >= 0.3 is 0 Å². The largest absolute Gasteiger partial charge is 0.271 e. The third-order valence-corrected chi connectivity index (χ3v) is 3.33. The quantitative estimate of drug-likeness (QED) is 0.610. The summed E-state index contributed by atoms with van der Waals surface area (Å²) < 4.78 is 0. The average Bonchev–Trinajstić information content (AvgIpc) is 2.24. The van der Waals surface area contributed by atoms with Crippen LogP contribution >= 0.6 is 11.6 Å². The summed E-state index contributed by atoms with van der Waals surface area (Å²) in [6.45, 7) is 6.48. The van der Waals surface area contributed by atoms with Crippen molar-refractivity contribution >= 4 is 11.6 Å². The van der Waals surface area contributed by atoms with Gasteiger partial charge in [-0.2, -0.15) is 0 Å². The molecule has 0 amide bonds. The van der Waals surface area contributed by atoms with E-state index in [-0.39, 0.29) is 6.04 Å². The van der Waals surface area contributed by atoms with E-state index in [2.05, 4.69) is 25.3 Å². The molecule has 1 aromatic carbocycles. The molecule has 0 aliphatic heterocycles. The van der Waals surface area contributed by atoms with Crippen molar-refractivity contribution in [3.63, 3.8) is 0 Å². The van der Waals surface area contributed by atoms with Gasteiger partial charge in [-0.3, -0.25) is 11.3 Å². The fourth-order valence-electron chi connectivity index (χ4n) is 1.83. The van der Waals surface area contributed by atoms with Crippen molar-refractivity contribution in [2.45, 2.75) is 39.7 Å². The van der Waals surface area contributed by atoms with Gasteiger partial charge in [0.1, 0.15) is 0 Å². The molecule has 3 heteroatoms. The molecule has 90 valence electrons. The van der Waals surface area contributed by atoms with Gasteiger partial charge in [0, 0.05) is 11.1 Å². The first-order valence-electron chi connectivity index (χ1n) is 5.77. The van der Waals surface area contributed by atoms with Crippen molar-refractivity contribution in [3.8, 4) is 0 Å². The van der Waals surface area contributed by atoms with Crippen LogP contribution in [0.5, 0.6) is 0 Å². The van der Waals surface area contributed by atoms with E-state index in [9.17, 15) is 0 Å². The van der Waals surface area contributed by atoms with Crippen molar-refractivity contribution in [2.24, 2.45) is 11.8 Å². The van der Waals surface area contributed by atoms with Gasteiger partial charge in [-0.15, -0.1) is 0 Å². The molecular formula is C13H21ClN2. The van der Waals surface area contributed by atoms with E-state index in [0.29, 0.717) is 5.92 Å². The van der Waals surface area contributed by atoms with Crippen LogP contribution < -0.4 is 11.3 Å². The minimum Gasteiger partial charge on any atom is -0.271 e. The third-order valence-electron chi connectivity index (χ3n) is 2.92. The summed E-state index contributed by atoms with van der Waals surface area (Å²) in [6, 6.07) is 6.17. The summed E-state index contributed by atoms with van der Waals surface area (Å²) in [7, 11) is 0. The van der Waals surface area contributed by atoms with Crippen molar-refractivity contribution in [2.75, 3.05) is 0 Å². The summed E-state index contributed by atoms with van der Waals surface area (Å²) in [5.74, 6) is 6.31. The van der Waals surface area contributed by atoms with Gasteiger partial charge in [-0.1, -0.05) is 37.6 Å². The first kappa shape index (κ1) is 13.5. The predicted molar refractivity (Wildman–Crippen MR) is 70.3 cm³/mol. The molecule has 1 rings (SSSR count). The Morgan fingerprint density at radius 3 is 2.56 bits per heavy atom. The summed E-state index contributed by atoms with van der Waals surface area (Å²) in [6.07, 6.45) is 2.19. The summed E-state index contributed by atoms with van der Waals surface area (Å²) >= 11 is 6.11. The predicted octanol–water partition coefficient (Wildman–Crippen LogP) is 3.59. The number of nitrogens with two attached hydrogens (primary N) is 1. The summed E-state index contributed by atoms with van der Waals surface area (Å²) in [4.78, 5) is 0. The molecule has 1 aromatic rings. The highest BCUT2D eigenvalue weighted by Crippen LogP contribution is 2.27. The molecule has 0 aliphatic carbocycles. The summed E-state index contributed by atoms with van der Waals surface area (Å²) in [5.41, 5.74) is 5.21. The van der Waals surface area contributed by atoms with Crippen molar-refractivity contribution in [1.29, 1.82) is 0 Å². The van der Waals surface area contributed by atoms with Crippen LogP contribution in [0.15, 0.2) is 18.2 Å². The molecule has 1 atom stereocenters. The Morgan fingerprint density at radius 1 is 1.31 bits per heavy atom. The van der Waals surface area contributed by atoms with E-state index in [4.69, 9.17) is 17.4 Å². The summed E-state index contributed by atoms with van der Waals surface area (Å²) in [5, 5.41) is 0.808. The van der Waals surface area contributed by atoms with E-state index in [0.717, 1.165) is 23.4 Å². The molecule has 16 heavy (non-hydrogen) atoms. The monoisotopic (exact) mass is 240 g/mol. The minimum atomic E-state index is 0.195. The lowest BCUT2D eigenvalue weighted by Gasteiger charge is -2.20.